The Balaban J connectivity index is 2.94. The third-order valence-corrected chi connectivity index (χ3v) is 1.78. The fraction of sp³-hybridized carbons (Fsp3) is 0.375. The first-order valence-corrected chi connectivity index (χ1v) is 3.46. The number of hydrogen-bond acceptors (Lipinski definition) is 3. The van der Waals surface area contributed by atoms with Crippen LogP contribution in [0.25, 0.3) is 0 Å². The number of aliphatic carboxylic acids is 1. The van der Waals surface area contributed by atoms with Crippen LogP contribution >= 0.6 is 0 Å². The highest BCUT2D eigenvalue weighted by Gasteiger charge is 2.42. The maximum atomic E-state index is 10.6. The quantitative estimate of drug-likeness (QED) is 0.609. The lowest BCUT2D eigenvalue weighted by atomic mass is 9.92. The van der Waals surface area contributed by atoms with Crippen molar-refractivity contribution in [2.24, 2.45) is 0 Å². The van der Waals surface area contributed by atoms with E-state index in [1.54, 1.807) is 6.08 Å². The van der Waals surface area contributed by atoms with Crippen LogP contribution in [0.3, 0.4) is 0 Å². The number of ether oxygens (including phenoxy) is 1. The van der Waals surface area contributed by atoms with E-state index in [1.807, 2.05) is 0 Å². The molecular formula is C8H10O4. The minimum atomic E-state index is -1.93. The van der Waals surface area contributed by atoms with Crippen molar-refractivity contribution in [2.45, 2.75) is 11.7 Å². The van der Waals surface area contributed by atoms with Crippen LogP contribution in [0.2, 0.25) is 0 Å². The number of carboxylic acid groups (broad SMARTS) is 1. The summed E-state index contributed by atoms with van der Waals surface area (Å²) in [4.78, 5) is 10.6. The van der Waals surface area contributed by atoms with Crippen molar-refractivity contribution >= 4 is 5.97 Å². The lowest BCUT2D eigenvalue weighted by Crippen LogP contribution is -2.48. The number of methoxy groups -OCH3 is 1. The standard InChI is InChI=1S/C8H10O4/c1-12-6-4-2-3-5-8(6,11)7(9)10/h2-6,11H,1H3,(H,9,10). The zero-order chi connectivity index (χ0) is 9.19. The van der Waals surface area contributed by atoms with Gasteiger partial charge in [0.25, 0.3) is 0 Å². The van der Waals surface area contributed by atoms with Gasteiger partial charge in [0, 0.05) is 7.11 Å². The van der Waals surface area contributed by atoms with E-state index in [1.165, 1.54) is 25.3 Å². The van der Waals surface area contributed by atoms with Gasteiger partial charge in [-0.15, -0.1) is 0 Å². The summed E-state index contributed by atoms with van der Waals surface area (Å²) < 4.78 is 4.80. The maximum absolute atomic E-state index is 10.6. The van der Waals surface area contributed by atoms with Gasteiger partial charge in [-0.25, -0.2) is 4.79 Å². The molecule has 0 heterocycles. The van der Waals surface area contributed by atoms with Gasteiger partial charge in [-0.05, 0) is 6.08 Å². The molecule has 1 aliphatic carbocycles. The molecule has 4 heteroatoms. The SMILES string of the molecule is COC1C=CC=CC1(O)C(=O)O. The fourth-order valence-corrected chi connectivity index (χ4v) is 1.06. The van der Waals surface area contributed by atoms with Crippen LogP contribution in [0, 0.1) is 0 Å². The Bertz CT molecular complexity index is 243. The largest absolute Gasteiger partial charge is 0.479 e. The molecule has 0 saturated carbocycles. The van der Waals surface area contributed by atoms with Crippen LogP contribution < -0.4 is 0 Å². The van der Waals surface area contributed by atoms with E-state index < -0.39 is 17.7 Å². The van der Waals surface area contributed by atoms with E-state index in [9.17, 15) is 9.90 Å². The molecule has 0 aromatic rings. The second kappa shape index (κ2) is 3.08. The summed E-state index contributed by atoms with van der Waals surface area (Å²) in [6.45, 7) is 0. The Labute approximate surface area is 69.8 Å². The van der Waals surface area contributed by atoms with E-state index in [4.69, 9.17) is 9.84 Å². The van der Waals surface area contributed by atoms with Crippen molar-refractivity contribution in [1.29, 1.82) is 0 Å². The summed E-state index contributed by atoms with van der Waals surface area (Å²) in [5.74, 6) is -1.31. The molecule has 0 amide bonds. The first-order valence-electron chi connectivity index (χ1n) is 3.46. The number of carboxylic acids is 1. The predicted octanol–water partition coefficient (Wildman–Crippen LogP) is -0.0569. The van der Waals surface area contributed by atoms with Crippen molar-refractivity contribution in [3.63, 3.8) is 0 Å². The predicted molar refractivity (Wildman–Crippen MR) is 41.7 cm³/mol. The first-order chi connectivity index (χ1) is 5.61. The number of rotatable bonds is 2. The van der Waals surface area contributed by atoms with Gasteiger partial charge >= 0.3 is 5.97 Å². The summed E-state index contributed by atoms with van der Waals surface area (Å²) >= 11 is 0. The second-order valence-corrected chi connectivity index (χ2v) is 2.53. The molecule has 12 heavy (non-hydrogen) atoms. The summed E-state index contributed by atoms with van der Waals surface area (Å²) in [5, 5.41) is 18.2. The van der Waals surface area contributed by atoms with Crippen molar-refractivity contribution in [1.82, 2.24) is 0 Å². The molecule has 2 unspecified atom stereocenters. The van der Waals surface area contributed by atoms with E-state index >= 15 is 0 Å². The van der Waals surface area contributed by atoms with E-state index in [0.717, 1.165) is 0 Å². The molecule has 1 rings (SSSR count). The lowest BCUT2D eigenvalue weighted by molar-refractivity contribution is -0.162. The number of hydrogen-bond donors (Lipinski definition) is 2. The highest BCUT2D eigenvalue weighted by atomic mass is 16.5. The Morgan fingerprint density at radius 3 is 2.67 bits per heavy atom. The molecule has 1 aliphatic rings. The summed E-state index contributed by atoms with van der Waals surface area (Å²) in [6, 6.07) is 0. The molecule has 4 nitrogen and oxygen atoms in total. The lowest BCUT2D eigenvalue weighted by Gasteiger charge is -2.27. The Morgan fingerprint density at radius 1 is 1.58 bits per heavy atom. The van der Waals surface area contributed by atoms with Crippen molar-refractivity contribution < 1.29 is 19.7 Å². The Hall–Kier alpha value is -1.13. The minimum Gasteiger partial charge on any atom is -0.479 e. The van der Waals surface area contributed by atoms with Gasteiger partial charge in [-0.2, -0.15) is 0 Å². The molecule has 0 bridgehead atoms. The molecule has 0 radical (unpaired) electrons. The van der Waals surface area contributed by atoms with Gasteiger partial charge in [0.1, 0.15) is 6.10 Å². The number of aliphatic hydroxyl groups is 1. The van der Waals surface area contributed by atoms with Crippen LogP contribution in [0.5, 0.6) is 0 Å². The molecule has 2 N–H and O–H groups in total. The van der Waals surface area contributed by atoms with Crippen LogP contribution in [0.15, 0.2) is 24.3 Å². The van der Waals surface area contributed by atoms with Crippen LogP contribution in [0.4, 0.5) is 0 Å². The van der Waals surface area contributed by atoms with Crippen LogP contribution in [-0.4, -0.2) is 35.0 Å². The smallest absolute Gasteiger partial charge is 0.342 e. The number of carbonyl (C=O) groups is 1. The van der Waals surface area contributed by atoms with Crippen LogP contribution in [0.1, 0.15) is 0 Å². The molecule has 0 aromatic carbocycles. The third-order valence-electron chi connectivity index (χ3n) is 1.78. The van der Waals surface area contributed by atoms with Gasteiger partial charge < -0.3 is 14.9 Å². The summed E-state index contributed by atoms with van der Waals surface area (Å²) in [7, 11) is 1.35. The average molecular weight is 170 g/mol. The Kier molecular flexibility index (Phi) is 2.30. The van der Waals surface area contributed by atoms with Gasteiger partial charge in [0.2, 0.25) is 5.60 Å². The molecule has 2 atom stereocenters. The van der Waals surface area contributed by atoms with Gasteiger partial charge in [-0.3, -0.25) is 0 Å². The summed E-state index contributed by atoms with van der Waals surface area (Å²) in [6.07, 6.45) is 4.98. The van der Waals surface area contributed by atoms with Crippen molar-refractivity contribution in [3.8, 4) is 0 Å². The van der Waals surface area contributed by atoms with Crippen molar-refractivity contribution in [3.05, 3.63) is 24.3 Å². The van der Waals surface area contributed by atoms with E-state index in [0.29, 0.717) is 0 Å². The Morgan fingerprint density at radius 2 is 2.25 bits per heavy atom. The van der Waals surface area contributed by atoms with E-state index in [-0.39, 0.29) is 0 Å². The molecule has 0 fully saturated rings. The van der Waals surface area contributed by atoms with Gasteiger partial charge in [0.05, 0.1) is 0 Å². The minimum absolute atomic E-state index is 0.819. The topological polar surface area (TPSA) is 66.8 Å². The third kappa shape index (κ3) is 1.26. The zero-order valence-electron chi connectivity index (χ0n) is 6.60. The number of allylic oxidation sites excluding steroid dienone is 2. The second-order valence-electron chi connectivity index (χ2n) is 2.53. The summed E-state index contributed by atoms with van der Waals surface area (Å²) in [5.41, 5.74) is -1.93. The van der Waals surface area contributed by atoms with Gasteiger partial charge in [0.15, 0.2) is 0 Å². The average Bonchev–Trinajstić information content (AvgIpc) is 2.05. The molecule has 0 spiro atoms. The molecule has 0 saturated heterocycles. The normalized spacial score (nSPS) is 33.7. The fourth-order valence-electron chi connectivity index (χ4n) is 1.06. The molecule has 0 aliphatic heterocycles. The monoisotopic (exact) mass is 170 g/mol. The zero-order valence-corrected chi connectivity index (χ0v) is 6.60. The highest BCUT2D eigenvalue weighted by Crippen LogP contribution is 2.20. The van der Waals surface area contributed by atoms with E-state index in [2.05, 4.69) is 0 Å². The maximum Gasteiger partial charge on any atom is 0.342 e. The van der Waals surface area contributed by atoms with Crippen molar-refractivity contribution in [2.75, 3.05) is 7.11 Å². The molecule has 66 valence electrons. The van der Waals surface area contributed by atoms with Gasteiger partial charge in [-0.1, -0.05) is 18.2 Å². The molecular weight excluding hydrogens is 160 g/mol. The van der Waals surface area contributed by atoms with Crippen LogP contribution in [-0.2, 0) is 9.53 Å². The molecule has 0 aromatic heterocycles. The first kappa shape index (κ1) is 8.96. The highest BCUT2D eigenvalue weighted by molar-refractivity contribution is 5.81.